The van der Waals surface area contributed by atoms with Crippen LogP contribution in [0.5, 0.6) is 0 Å². The van der Waals surface area contributed by atoms with Gasteiger partial charge in [-0.1, -0.05) is 34.1 Å². The molecule has 2 aliphatic rings. The molecular formula is C19H18BrNO3. The maximum absolute atomic E-state index is 13.0. The Morgan fingerprint density at radius 1 is 1.21 bits per heavy atom. The zero-order valence-corrected chi connectivity index (χ0v) is 14.7. The topological polar surface area (TPSA) is 60.8 Å². The van der Waals surface area contributed by atoms with Crippen LogP contribution in [0.15, 0.2) is 40.9 Å². The van der Waals surface area contributed by atoms with Gasteiger partial charge in [0.05, 0.1) is 12.3 Å². The van der Waals surface area contributed by atoms with Crippen LogP contribution in [0.4, 0.5) is 5.69 Å². The number of nitrogens with zero attached hydrogens (tertiary/aromatic N) is 1. The van der Waals surface area contributed by atoms with Gasteiger partial charge in [-0.05, 0) is 48.1 Å². The number of halogens is 1. The predicted octanol–water partition coefficient (Wildman–Crippen LogP) is 3.34. The van der Waals surface area contributed by atoms with E-state index in [0.29, 0.717) is 29.2 Å². The molecule has 1 aliphatic heterocycles. The summed E-state index contributed by atoms with van der Waals surface area (Å²) < 4.78 is 0.720. The smallest absolute Gasteiger partial charge is 0.260 e. The Labute approximate surface area is 148 Å². The van der Waals surface area contributed by atoms with Gasteiger partial charge < -0.3 is 10.2 Å². The fourth-order valence-electron chi connectivity index (χ4n) is 3.41. The Kier molecular flexibility index (Phi) is 3.95. The average molecular weight is 388 g/mol. The first kappa shape index (κ1) is 15.8. The first-order valence-electron chi connectivity index (χ1n) is 8.13. The molecule has 4 rings (SSSR count). The molecule has 2 N–H and O–H groups in total. The summed E-state index contributed by atoms with van der Waals surface area (Å²) >= 11 is 3.40. The third-order valence-electron chi connectivity index (χ3n) is 4.84. The number of fused-ring (bicyclic) bond motifs is 1. The summed E-state index contributed by atoms with van der Waals surface area (Å²) in [5.74, 6) is 0.394. The van der Waals surface area contributed by atoms with E-state index >= 15 is 0 Å². The minimum absolute atomic E-state index is 0.208. The van der Waals surface area contributed by atoms with Crippen molar-refractivity contribution >= 4 is 27.5 Å². The Bertz CT molecular complexity index is 816. The quantitative estimate of drug-likeness (QED) is 0.848. The highest BCUT2D eigenvalue weighted by molar-refractivity contribution is 9.10. The average Bonchev–Trinajstić information content (AvgIpc) is 3.39. The summed E-state index contributed by atoms with van der Waals surface area (Å²) in [5.41, 5.74) is 3.95. The van der Waals surface area contributed by atoms with E-state index in [1.807, 2.05) is 18.2 Å². The molecule has 0 spiro atoms. The number of carbonyl (C=O) groups excluding carboxylic acids is 1. The van der Waals surface area contributed by atoms with Crippen LogP contribution in [0.25, 0.3) is 0 Å². The van der Waals surface area contributed by atoms with Crippen LogP contribution in [0.3, 0.4) is 0 Å². The van der Waals surface area contributed by atoms with E-state index in [9.17, 15) is 15.0 Å². The van der Waals surface area contributed by atoms with Crippen molar-refractivity contribution in [2.45, 2.75) is 38.0 Å². The van der Waals surface area contributed by atoms with E-state index in [4.69, 9.17) is 0 Å². The van der Waals surface area contributed by atoms with Gasteiger partial charge in [-0.25, -0.2) is 0 Å². The lowest BCUT2D eigenvalue weighted by molar-refractivity contribution is 0.0859. The summed E-state index contributed by atoms with van der Waals surface area (Å²) in [4.78, 5) is 14.4. The molecule has 0 aromatic heterocycles. The Balaban J connectivity index is 1.76. The molecule has 1 saturated carbocycles. The molecule has 1 amide bonds. The molecule has 0 radical (unpaired) electrons. The molecule has 1 aliphatic carbocycles. The van der Waals surface area contributed by atoms with Crippen LogP contribution in [-0.2, 0) is 13.0 Å². The van der Waals surface area contributed by atoms with Crippen LogP contribution in [0.2, 0.25) is 0 Å². The highest BCUT2D eigenvalue weighted by atomic mass is 79.9. The SMILES string of the molecule is O=C1c2ccc(C3CC3)cc2CC(O)N1c1cccc(Br)c1CO. The Morgan fingerprint density at radius 3 is 2.71 bits per heavy atom. The number of anilines is 1. The molecule has 1 fully saturated rings. The third-order valence-corrected chi connectivity index (χ3v) is 5.58. The molecule has 2 aromatic carbocycles. The Hall–Kier alpha value is -1.69. The molecule has 5 heteroatoms. The fraction of sp³-hybridized carbons (Fsp3) is 0.316. The standard InChI is InChI=1S/C19H18BrNO3/c20-16-2-1-3-17(15(16)10-22)21-18(23)9-13-8-12(11-4-5-11)6-7-14(13)19(21)24/h1-3,6-8,11,18,22-23H,4-5,9-10H2. The number of hydrogen-bond acceptors (Lipinski definition) is 3. The predicted molar refractivity (Wildman–Crippen MR) is 95.0 cm³/mol. The Morgan fingerprint density at radius 2 is 2.00 bits per heavy atom. The molecule has 1 atom stereocenters. The van der Waals surface area contributed by atoms with E-state index in [1.54, 1.807) is 12.1 Å². The number of aliphatic hydroxyl groups is 2. The molecule has 0 bridgehead atoms. The summed E-state index contributed by atoms with van der Waals surface area (Å²) in [6.45, 7) is -0.208. The highest BCUT2D eigenvalue weighted by Crippen LogP contribution is 2.41. The number of carbonyl (C=O) groups is 1. The molecule has 0 saturated heterocycles. The van der Waals surface area contributed by atoms with Crippen molar-refractivity contribution in [3.63, 3.8) is 0 Å². The van der Waals surface area contributed by atoms with E-state index in [1.165, 1.54) is 23.3 Å². The van der Waals surface area contributed by atoms with Gasteiger partial charge in [-0.15, -0.1) is 0 Å². The monoisotopic (exact) mass is 387 g/mol. The second-order valence-corrected chi connectivity index (χ2v) is 7.30. The minimum atomic E-state index is -0.931. The lowest BCUT2D eigenvalue weighted by Crippen LogP contribution is -2.46. The van der Waals surface area contributed by atoms with Gasteiger partial charge >= 0.3 is 0 Å². The molecule has 2 aromatic rings. The van der Waals surface area contributed by atoms with E-state index in [-0.39, 0.29) is 12.5 Å². The maximum Gasteiger partial charge on any atom is 0.260 e. The van der Waals surface area contributed by atoms with Gasteiger partial charge in [0.1, 0.15) is 6.23 Å². The van der Waals surface area contributed by atoms with E-state index in [2.05, 4.69) is 22.0 Å². The van der Waals surface area contributed by atoms with Gasteiger partial charge in [-0.3, -0.25) is 9.69 Å². The van der Waals surface area contributed by atoms with Crippen molar-refractivity contribution in [2.75, 3.05) is 4.90 Å². The lowest BCUT2D eigenvalue weighted by atomic mass is 9.93. The molecule has 1 unspecified atom stereocenters. The zero-order chi connectivity index (χ0) is 16.8. The largest absolute Gasteiger partial charge is 0.392 e. The second kappa shape index (κ2) is 5.99. The van der Waals surface area contributed by atoms with Gasteiger partial charge in [-0.2, -0.15) is 0 Å². The van der Waals surface area contributed by atoms with Crippen LogP contribution < -0.4 is 4.90 Å². The number of rotatable bonds is 3. The van der Waals surface area contributed by atoms with Crippen molar-refractivity contribution in [3.8, 4) is 0 Å². The van der Waals surface area contributed by atoms with Crippen LogP contribution >= 0.6 is 15.9 Å². The number of amides is 1. The molecular weight excluding hydrogens is 370 g/mol. The summed E-state index contributed by atoms with van der Waals surface area (Å²) in [6, 6.07) is 11.3. The van der Waals surface area contributed by atoms with Crippen LogP contribution in [0.1, 0.15) is 45.8 Å². The molecule has 1 heterocycles. The minimum Gasteiger partial charge on any atom is -0.392 e. The summed E-state index contributed by atoms with van der Waals surface area (Å²) in [5, 5.41) is 20.3. The first-order chi connectivity index (χ1) is 11.6. The van der Waals surface area contributed by atoms with Gasteiger partial charge in [0, 0.05) is 22.0 Å². The van der Waals surface area contributed by atoms with Crippen molar-refractivity contribution in [1.82, 2.24) is 0 Å². The van der Waals surface area contributed by atoms with Crippen LogP contribution in [-0.4, -0.2) is 22.3 Å². The highest BCUT2D eigenvalue weighted by Gasteiger charge is 2.34. The fourth-order valence-corrected chi connectivity index (χ4v) is 3.90. The number of hydrogen-bond donors (Lipinski definition) is 2. The van der Waals surface area contributed by atoms with Gasteiger partial charge in [0.15, 0.2) is 0 Å². The van der Waals surface area contributed by atoms with Crippen molar-refractivity contribution in [3.05, 3.63) is 63.1 Å². The summed E-state index contributed by atoms with van der Waals surface area (Å²) in [6.07, 6.45) is 1.89. The third kappa shape index (κ3) is 2.57. The zero-order valence-electron chi connectivity index (χ0n) is 13.1. The van der Waals surface area contributed by atoms with Gasteiger partial charge in [0.2, 0.25) is 0 Å². The summed E-state index contributed by atoms with van der Waals surface area (Å²) in [7, 11) is 0. The van der Waals surface area contributed by atoms with E-state index in [0.717, 1.165) is 10.0 Å². The van der Waals surface area contributed by atoms with Gasteiger partial charge in [0.25, 0.3) is 5.91 Å². The lowest BCUT2D eigenvalue weighted by Gasteiger charge is -2.35. The number of benzene rings is 2. The normalized spacial score (nSPS) is 20.2. The first-order valence-corrected chi connectivity index (χ1v) is 8.92. The maximum atomic E-state index is 13.0. The molecule has 24 heavy (non-hydrogen) atoms. The van der Waals surface area contributed by atoms with E-state index < -0.39 is 6.23 Å². The molecule has 124 valence electrons. The van der Waals surface area contributed by atoms with Crippen molar-refractivity contribution < 1.29 is 15.0 Å². The van der Waals surface area contributed by atoms with Crippen LogP contribution in [0, 0.1) is 0 Å². The van der Waals surface area contributed by atoms with Crippen molar-refractivity contribution in [1.29, 1.82) is 0 Å². The number of aliphatic hydroxyl groups excluding tert-OH is 2. The second-order valence-electron chi connectivity index (χ2n) is 6.45. The molecule has 4 nitrogen and oxygen atoms in total. The van der Waals surface area contributed by atoms with Crippen molar-refractivity contribution in [2.24, 2.45) is 0 Å².